The van der Waals surface area contributed by atoms with E-state index >= 15 is 0 Å². The summed E-state index contributed by atoms with van der Waals surface area (Å²) in [5.41, 5.74) is 1.92. The Bertz CT molecular complexity index is 809. The van der Waals surface area contributed by atoms with Gasteiger partial charge < -0.3 is 15.7 Å². The summed E-state index contributed by atoms with van der Waals surface area (Å²) in [7, 11) is 0. The maximum atomic E-state index is 11.7. The molecule has 1 amide bonds. The quantitative estimate of drug-likeness (QED) is 0.784. The van der Waals surface area contributed by atoms with Gasteiger partial charge >= 0.3 is 0 Å². The summed E-state index contributed by atoms with van der Waals surface area (Å²) in [4.78, 5) is 16.2. The number of nitrogens with one attached hydrogen (secondary N) is 2. The van der Waals surface area contributed by atoms with Gasteiger partial charge in [-0.25, -0.2) is 4.98 Å². The normalized spacial score (nSPS) is 20.0. The van der Waals surface area contributed by atoms with Crippen molar-refractivity contribution in [3.8, 4) is 17.0 Å². The van der Waals surface area contributed by atoms with Gasteiger partial charge in [0.2, 0.25) is 11.9 Å². The van der Waals surface area contributed by atoms with Gasteiger partial charge in [-0.15, -0.1) is 10.2 Å². The number of carbonyl (C=O) groups excluding carboxylic acids is 1. The van der Waals surface area contributed by atoms with E-state index < -0.39 is 0 Å². The molecule has 2 aromatic rings. The lowest BCUT2D eigenvalue weighted by Gasteiger charge is -2.13. The summed E-state index contributed by atoms with van der Waals surface area (Å²) in [5.74, 6) is 0.655. The number of carbonyl (C=O) groups is 1. The highest BCUT2D eigenvalue weighted by Gasteiger charge is 2.31. The number of hydrogen-bond acceptors (Lipinski definition) is 6. The van der Waals surface area contributed by atoms with Crippen molar-refractivity contribution in [1.82, 2.24) is 20.5 Å². The van der Waals surface area contributed by atoms with E-state index in [1.54, 1.807) is 12.1 Å². The third kappa shape index (κ3) is 2.87. The summed E-state index contributed by atoms with van der Waals surface area (Å²) in [6.07, 6.45) is 2.76. The second-order valence-corrected chi connectivity index (χ2v) is 6.52. The molecule has 1 saturated carbocycles. The van der Waals surface area contributed by atoms with Gasteiger partial charge in [-0.05, 0) is 37.5 Å². The Hall–Kier alpha value is -2.41. The van der Waals surface area contributed by atoms with Crippen molar-refractivity contribution in [3.05, 3.63) is 28.9 Å². The van der Waals surface area contributed by atoms with Gasteiger partial charge in [0.1, 0.15) is 17.5 Å². The Kier molecular flexibility index (Phi) is 3.72. The number of aromatic nitrogens is 3. The van der Waals surface area contributed by atoms with Gasteiger partial charge in [0.05, 0.1) is 5.69 Å². The van der Waals surface area contributed by atoms with Crippen molar-refractivity contribution in [2.75, 3.05) is 11.9 Å². The lowest BCUT2D eigenvalue weighted by atomic mass is 10.1. The third-order valence-corrected chi connectivity index (χ3v) is 4.48. The molecule has 3 N–H and O–H groups in total. The molecule has 1 aromatic heterocycles. The molecule has 0 bridgehead atoms. The van der Waals surface area contributed by atoms with E-state index in [2.05, 4.69) is 25.8 Å². The zero-order valence-corrected chi connectivity index (χ0v) is 13.5. The molecule has 1 aliphatic carbocycles. The zero-order valence-electron chi connectivity index (χ0n) is 12.8. The predicted octanol–water partition coefficient (Wildman–Crippen LogP) is 2.08. The first-order valence-corrected chi connectivity index (χ1v) is 8.27. The van der Waals surface area contributed by atoms with Crippen molar-refractivity contribution in [3.63, 3.8) is 0 Å². The summed E-state index contributed by atoms with van der Waals surface area (Å²) >= 11 is 5.89. The molecule has 1 saturated heterocycles. The molecule has 1 atom stereocenters. The molecule has 2 fully saturated rings. The minimum atomic E-state index is -0.325. The number of aromatic hydroxyl groups is 1. The van der Waals surface area contributed by atoms with Crippen LogP contribution in [0.3, 0.4) is 0 Å². The molecule has 2 heterocycles. The van der Waals surface area contributed by atoms with Crippen molar-refractivity contribution < 1.29 is 9.90 Å². The largest absolute Gasteiger partial charge is 0.507 e. The SMILES string of the molecule is O=C1NCC[C@@H]1Nc1nnc(-c2ccc(Cl)cc2O)c(C2CC2)n1. The van der Waals surface area contributed by atoms with E-state index in [4.69, 9.17) is 11.6 Å². The van der Waals surface area contributed by atoms with Crippen LogP contribution in [-0.2, 0) is 4.79 Å². The second kappa shape index (κ2) is 5.90. The fraction of sp³-hybridized carbons (Fsp3) is 0.375. The standard InChI is InChI=1S/C16H16ClN5O2/c17-9-3-4-10(12(23)7-9)14-13(8-1-2-8)20-16(22-21-14)19-11-5-6-18-15(11)24/h3-4,7-8,11,23H,1-2,5-6H2,(H,18,24)(H,19,20,22)/t11-/m0/s1. The number of phenolic OH excluding ortho intramolecular Hbond substituents is 1. The lowest BCUT2D eigenvalue weighted by Crippen LogP contribution is -2.30. The van der Waals surface area contributed by atoms with Crippen molar-refractivity contribution >= 4 is 23.5 Å². The van der Waals surface area contributed by atoms with Crippen LogP contribution in [0.15, 0.2) is 18.2 Å². The van der Waals surface area contributed by atoms with Crippen LogP contribution in [0.2, 0.25) is 5.02 Å². The van der Waals surface area contributed by atoms with Crippen molar-refractivity contribution in [2.45, 2.75) is 31.2 Å². The Morgan fingerprint density at radius 1 is 1.25 bits per heavy atom. The molecule has 0 radical (unpaired) electrons. The zero-order chi connectivity index (χ0) is 16.7. The van der Waals surface area contributed by atoms with Crippen LogP contribution >= 0.6 is 11.6 Å². The van der Waals surface area contributed by atoms with Crippen LogP contribution in [-0.4, -0.2) is 38.8 Å². The van der Waals surface area contributed by atoms with Crippen LogP contribution < -0.4 is 10.6 Å². The minimum Gasteiger partial charge on any atom is -0.507 e. The van der Waals surface area contributed by atoms with E-state index in [0.717, 1.165) is 18.5 Å². The first kappa shape index (κ1) is 15.1. The number of benzene rings is 1. The molecule has 1 aliphatic heterocycles. The first-order valence-electron chi connectivity index (χ1n) is 7.89. The van der Waals surface area contributed by atoms with Crippen LogP contribution in [0.5, 0.6) is 5.75 Å². The van der Waals surface area contributed by atoms with Crippen LogP contribution in [0.4, 0.5) is 5.95 Å². The van der Waals surface area contributed by atoms with E-state index in [0.29, 0.717) is 41.1 Å². The van der Waals surface area contributed by atoms with Gasteiger partial charge in [-0.2, -0.15) is 0 Å². The van der Waals surface area contributed by atoms with Gasteiger partial charge in [-0.1, -0.05) is 11.6 Å². The first-order chi connectivity index (χ1) is 11.6. The van der Waals surface area contributed by atoms with Gasteiger partial charge in [-0.3, -0.25) is 4.79 Å². The summed E-state index contributed by atoms with van der Waals surface area (Å²) in [6.45, 7) is 0.649. The number of nitrogens with zero attached hydrogens (tertiary/aromatic N) is 3. The molecule has 4 rings (SSSR count). The van der Waals surface area contributed by atoms with Crippen LogP contribution in [0.25, 0.3) is 11.3 Å². The van der Waals surface area contributed by atoms with Crippen molar-refractivity contribution in [1.29, 1.82) is 0 Å². The number of rotatable bonds is 4. The Morgan fingerprint density at radius 2 is 2.08 bits per heavy atom. The van der Waals surface area contributed by atoms with Crippen LogP contribution in [0.1, 0.15) is 30.9 Å². The predicted molar refractivity (Wildman–Crippen MR) is 89.0 cm³/mol. The Morgan fingerprint density at radius 3 is 2.75 bits per heavy atom. The number of anilines is 1. The molecular formula is C16H16ClN5O2. The van der Waals surface area contributed by atoms with Gasteiger partial charge in [0.25, 0.3) is 0 Å². The molecule has 124 valence electrons. The number of halogens is 1. The number of phenols is 1. The average molecular weight is 346 g/mol. The maximum absolute atomic E-state index is 11.7. The Balaban J connectivity index is 1.69. The van der Waals surface area contributed by atoms with Crippen molar-refractivity contribution in [2.24, 2.45) is 0 Å². The molecule has 0 spiro atoms. The molecule has 0 unspecified atom stereocenters. The van der Waals surface area contributed by atoms with Gasteiger partial charge in [0, 0.05) is 23.0 Å². The summed E-state index contributed by atoms with van der Waals surface area (Å²) in [5, 5.41) is 24.8. The maximum Gasteiger partial charge on any atom is 0.243 e. The Labute approximate surface area is 143 Å². The molecule has 8 heteroatoms. The fourth-order valence-corrected chi connectivity index (χ4v) is 2.99. The second-order valence-electron chi connectivity index (χ2n) is 6.08. The topological polar surface area (TPSA) is 100 Å². The molecule has 1 aromatic carbocycles. The third-order valence-electron chi connectivity index (χ3n) is 4.24. The summed E-state index contributed by atoms with van der Waals surface area (Å²) < 4.78 is 0. The highest BCUT2D eigenvalue weighted by atomic mass is 35.5. The van der Waals surface area contributed by atoms with Gasteiger partial charge in [0.15, 0.2) is 0 Å². The van der Waals surface area contributed by atoms with Crippen LogP contribution in [0, 0.1) is 0 Å². The minimum absolute atomic E-state index is 0.0500. The highest BCUT2D eigenvalue weighted by molar-refractivity contribution is 6.30. The van der Waals surface area contributed by atoms with E-state index in [1.165, 1.54) is 6.07 Å². The van der Waals surface area contributed by atoms with E-state index in [9.17, 15) is 9.90 Å². The smallest absolute Gasteiger partial charge is 0.243 e. The molecule has 2 aliphatic rings. The van der Waals surface area contributed by atoms with E-state index in [-0.39, 0.29) is 17.7 Å². The molecular weight excluding hydrogens is 330 g/mol. The monoisotopic (exact) mass is 345 g/mol. The molecule has 7 nitrogen and oxygen atoms in total. The van der Waals surface area contributed by atoms with E-state index in [1.807, 2.05) is 0 Å². The summed E-state index contributed by atoms with van der Waals surface area (Å²) in [6, 6.07) is 4.56. The average Bonchev–Trinajstić information content (AvgIpc) is 3.32. The highest BCUT2D eigenvalue weighted by Crippen LogP contribution is 2.44. The number of amides is 1. The number of hydrogen-bond donors (Lipinski definition) is 3. The lowest BCUT2D eigenvalue weighted by molar-refractivity contribution is -0.119. The molecule has 24 heavy (non-hydrogen) atoms. The fourth-order valence-electron chi connectivity index (χ4n) is 2.82.